The van der Waals surface area contributed by atoms with Crippen molar-refractivity contribution in [1.29, 1.82) is 0 Å². The van der Waals surface area contributed by atoms with E-state index < -0.39 is 56.8 Å². The van der Waals surface area contributed by atoms with Crippen LogP contribution in [0, 0.1) is 0 Å². The van der Waals surface area contributed by atoms with Crippen LogP contribution in [0.1, 0.15) is 31.8 Å². The van der Waals surface area contributed by atoms with Crippen LogP contribution in [0.15, 0.2) is 48.5 Å². The van der Waals surface area contributed by atoms with E-state index in [9.17, 15) is 30.0 Å². The minimum Gasteiger partial charge on any atom is -0.506 e. The van der Waals surface area contributed by atoms with Crippen LogP contribution in [0.4, 0.5) is 0 Å². The van der Waals surface area contributed by atoms with Crippen molar-refractivity contribution in [2.75, 3.05) is 0 Å². The quantitative estimate of drug-likeness (QED) is 0.309. The fraction of sp³-hybridized carbons (Fsp3) is 0. The van der Waals surface area contributed by atoms with Gasteiger partial charge in [0.15, 0.2) is 0 Å². The summed E-state index contributed by atoms with van der Waals surface area (Å²) in [7, 11) is 0. The monoisotopic (exact) mass is 372 g/mol. The van der Waals surface area contributed by atoms with Crippen molar-refractivity contribution in [3.8, 4) is 23.0 Å². The normalized spacial score (nSPS) is 13.0. The average molecular weight is 372 g/mol. The first-order chi connectivity index (χ1) is 13.4. The third-order valence-corrected chi connectivity index (χ3v) is 5.23. The maximum Gasteiger partial charge on any atom is 0.202 e. The molecule has 1 aliphatic carbocycles. The van der Waals surface area contributed by atoms with Crippen LogP contribution in [0.3, 0.4) is 0 Å². The van der Waals surface area contributed by atoms with Gasteiger partial charge in [0.25, 0.3) is 0 Å². The molecule has 0 atom stereocenters. The average Bonchev–Trinajstić information content (AvgIpc) is 2.71. The summed E-state index contributed by atoms with van der Waals surface area (Å²) in [5, 5.41) is 43.5. The molecule has 0 amide bonds. The topological polar surface area (TPSA) is 115 Å². The molecule has 0 unspecified atom stereocenters. The lowest BCUT2D eigenvalue weighted by Crippen LogP contribution is -2.22. The number of carbonyl (C=O) groups is 2. The summed E-state index contributed by atoms with van der Waals surface area (Å²) < 4.78 is 0. The van der Waals surface area contributed by atoms with E-state index in [1.165, 1.54) is 24.3 Å². The number of hydrogen-bond donors (Lipinski definition) is 4. The predicted molar refractivity (Wildman–Crippen MR) is 101 cm³/mol. The fourth-order valence-electron chi connectivity index (χ4n) is 3.94. The van der Waals surface area contributed by atoms with E-state index in [0.29, 0.717) is 0 Å². The van der Waals surface area contributed by atoms with Gasteiger partial charge in [-0.25, -0.2) is 0 Å². The van der Waals surface area contributed by atoms with Crippen molar-refractivity contribution in [3.05, 3.63) is 70.8 Å². The molecule has 4 aromatic carbocycles. The molecule has 0 heterocycles. The molecule has 0 aromatic heterocycles. The summed E-state index contributed by atoms with van der Waals surface area (Å²) in [6.07, 6.45) is 0. The Hall–Kier alpha value is -4.06. The maximum atomic E-state index is 13.2. The highest BCUT2D eigenvalue weighted by Gasteiger charge is 2.40. The standard InChI is InChI=1S/C22H12O6/c23-17-9-5-1-2-6-10(9)18(24)14-13(17)21(27)15-16(22(14)28)20(26)12-8-4-3-7-11(12)19(15)25/h1-8,23-26H. The number of fused-ring (bicyclic) bond motifs is 4. The molecule has 0 aliphatic heterocycles. The van der Waals surface area contributed by atoms with Gasteiger partial charge in [-0.1, -0.05) is 48.5 Å². The SMILES string of the molecule is O=C1c2c(c(O)c3ccccc3c2O)C(=O)c2c1c(O)c1ccccc1c2O. The summed E-state index contributed by atoms with van der Waals surface area (Å²) in [5.74, 6) is -3.53. The smallest absolute Gasteiger partial charge is 0.202 e. The minimum absolute atomic E-state index is 0.202. The number of phenolic OH excluding ortho intramolecular Hbond substituents is 4. The molecule has 4 aromatic rings. The van der Waals surface area contributed by atoms with Gasteiger partial charge < -0.3 is 20.4 Å². The fourth-order valence-corrected chi connectivity index (χ4v) is 3.94. The first-order valence-corrected chi connectivity index (χ1v) is 8.46. The number of benzene rings is 4. The Morgan fingerprint density at radius 2 is 0.643 bits per heavy atom. The van der Waals surface area contributed by atoms with Gasteiger partial charge in [0, 0.05) is 21.5 Å². The lowest BCUT2D eigenvalue weighted by molar-refractivity contribution is 0.0970. The molecule has 6 heteroatoms. The summed E-state index contributed by atoms with van der Waals surface area (Å²) >= 11 is 0. The molecule has 136 valence electrons. The van der Waals surface area contributed by atoms with Gasteiger partial charge in [0.2, 0.25) is 11.6 Å². The van der Waals surface area contributed by atoms with E-state index in [0.717, 1.165) is 0 Å². The molecule has 0 saturated carbocycles. The largest absolute Gasteiger partial charge is 0.506 e. The molecule has 4 N–H and O–H groups in total. The van der Waals surface area contributed by atoms with Crippen LogP contribution in [0.25, 0.3) is 21.5 Å². The predicted octanol–water partition coefficient (Wildman–Crippen LogP) is 3.59. The highest BCUT2D eigenvalue weighted by molar-refractivity contribution is 6.35. The molecule has 0 fully saturated rings. The summed E-state index contributed by atoms with van der Waals surface area (Å²) in [6.45, 7) is 0. The first kappa shape index (κ1) is 16.1. The third-order valence-electron chi connectivity index (χ3n) is 5.23. The second kappa shape index (κ2) is 5.23. The van der Waals surface area contributed by atoms with E-state index in [4.69, 9.17) is 0 Å². The molecular formula is C22H12O6. The van der Waals surface area contributed by atoms with Crippen LogP contribution < -0.4 is 0 Å². The number of ketones is 2. The zero-order valence-corrected chi connectivity index (χ0v) is 14.2. The van der Waals surface area contributed by atoms with Gasteiger partial charge in [-0.2, -0.15) is 0 Å². The lowest BCUT2D eigenvalue weighted by Gasteiger charge is -2.23. The third kappa shape index (κ3) is 1.76. The van der Waals surface area contributed by atoms with Crippen LogP contribution in [-0.2, 0) is 0 Å². The number of rotatable bonds is 0. The Morgan fingerprint density at radius 1 is 0.429 bits per heavy atom. The molecule has 0 spiro atoms. The maximum absolute atomic E-state index is 13.2. The zero-order valence-electron chi connectivity index (χ0n) is 14.2. The summed E-state index contributed by atoms with van der Waals surface area (Å²) in [5.41, 5.74) is -1.56. The molecule has 0 radical (unpaired) electrons. The summed E-state index contributed by atoms with van der Waals surface area (Å²) in [6, 6.07) is 12.5. The van der Waals surface area contributed by atoms with E-state index >= 15 is 0 Å². The zero-order chi connectivity index (χ0) is 19.7. The molecule has 1 aliphatic rings. The molecule has 28 heavy (non-hydrogen) atoms. The van der Waals surface area contributed by atoms with E-state index in [-0.39, 0.29) is 21.5 Å². The van der Waals surface area contributed by atoms with Crippen molar-refractivity contribution in [2.24, 2.45) is 0 Å². The van der Waals surface area contributed by atoms with Gasteiger partial charge in [-0.3, -0.25) is 9.59 Å². The molecule has 5 rings (SSSR count). The highest BCUT2D eigenvalue weighted by Crippen LogP contribution is 2.49. The number of carbonyl (C=O) groups excluding carboxylic acids is 2. The van der Waals surface area contributed by atoms with Crippen molar-refractivity contribution in [2.45, 2.75) is 0 Å². The van der Waals surface area contributed by atoms with Crippen molar-refractivity contribution in [1.82, 2.24) is 0 Å². The lowest BCUT2D eigenvalue weighted by atomic mass is 9.79. The molecule has 6 nitrogen and oxygen atoms in total. The number of aromatic hydroxyl groups is 4. The second-order valence-corrected chi connectivity index (χ2v) is 6.64. The second-order valence-electron chi connectivity index (χ2n) is 6.64. The Morgan fingerprint density at radius 3 is 0.857 bits per heavy atom. The van der Waals surface area contributed by atoms with Gasteiger partial charge in [0.05, 0.1) is 22.3 Å². The number of hydrogen-bond acceptors (Lipinski definition) is 6. The van der Waals surface area contributed by atoms with Gasteiger partial charge in [-0.05, 0) is 0 Å². The summed E-state index contributed by atoms with van der Waals surface area (Å²) in [4.78, 5) is 26.4. The Labute approximate surface area is 157 Å². The Balaban J connectivity index is 1.99. The first-order valence-electron chi connectivity index (χ1n) is 8.46. The van der Waals surface area contributed by atoms with Crippen molar-refractivity contribution < 1.29 is 30.0 Å². The molecule has 0 saturated heterocycles. The highest BCUT2D eigenvalue weighted by atomic mass is 16.3. The van der Waals surface area contributed by atoms with Crippen LogP contribution in [-0.4, -0.2) is 32.0 Å². The molecular weight excluding hydrogens is 360 g/mol. The van der Waals surface area contributed by atoms with Gasteiger partial charge in [-0.15, -0.1) is 0 Å². The van der Waals surface area contributed by atoms with E-state index in [1.54, 1.807) is 24.3 Å². The minimum atomic E-state index is -0.846. The number of phenols is 4. The van der Waals surface area contributed by atoms with E-state index in [1.807, 2.05) is 0 Å². The van der Waals surface area contributed by atoms with Crippen molar-refractivity contribution in [3.63, 3.8) is 0 Å². The van der Waals surface area contributed by atoms with Crippen LogP contribution >= 0.6 is 0 Å². The van der Waals surface area contributed by atoms with Gasteiger partial charge >= 0.3 is 0 Å². The van der Waals surface area contributed by atoms with Crippen LogP contribution in [0.5, 0.6) is 23.0 Å². The Kier molecular flexibility index (Phi) is 3.02. The Bertz CT molecular complexity index is 1180. The van der Waals surface area contributed by atoms with E-state index in [2.05, 4.69) is 0 Å². The van der Waals surface area contributed by atoms with Crippen molar-refractivity contribution >= 4 is 33.1 Å². The molecule has 0 bridgehead atoms. The van der Waals surface area contributed by atoms with Crippen LogP contribution in [0.2, 0.25) is 0 Å². The van der Waals surface area contributed by atoms with Gasteiger partial charge in [0.1, 0.15) is 23.0 Å².